The van der Waals surface area contributed by atoms with Crippen LogP contribution in [0.15, 0.2) is 70.6 Å². The largest absolute Gasteiger partial charge is 0.398 e. The Morgan fingerprint density at radius 1 is 1.27 bits per heavy atom. The van der Waals surface area contributed by atoms with Gasteiger partial charge in [0.2, 0.25) is 5.91 Å². The molecule has 0 saturated heterocycles. The predicted octanol–water partition coefficient (Wildman–Crippen LogP) is 5.47. The molecule has 0 atom stereocenters. The zero-order valence-corrected chi connectivity index (χ0v) is 19.9. The van der Waals surface area contributed by atoms with Gasteiger partial charge in [-0.05, 0) is 62.6 Å². The molecule has 2 aromatic carbocycles. The van der Waals surface area contributed by atoms with Crippen molar-refractivity contribution in [3.8, 4) is 0 Å². The number of carbonyl (C=O) groups is 1. The molecule has 7 heteroatoms. The zero-order valence-electron chi connectivity index (χ0n) is 19.1. The summed E-state index contributed by atoms with van der Waals surface area (Å²) in [6, 6.07) is 14.0. The molecule has 2 aromatic rings. The molecule has 0 aliphatic heterocycles. The van der Waals surface area contributed by atoms with Crippen LogP contribution in [0.1, 0.15) is 44.2 Å². The first-order valence-corrected chi connectivity index (χ1v) is 12.1. The van der Waals surface area contributed by atoms with Crippen molar-refractivity contribution in [1.82, 2.24) is 5.32 Å². The van der Waals surface area contributed by atoms with Crippen molar-refractivity contribution in [3.05, 3.63) is 71.8 Å². The van der Waals surface area contributed by atoms with Crippen molar-refractivity contribution in [1.29, 1.82) is 5.41 Å². The van der Waals surface area contributed by atoms with Gasteiger partial charge in [0, 0.05) is 39.7 Å². The van der Waals surface area contributed by atoms with Crippen LogP contribution in [-0.4, -0.2) is 29.8 Å². The molecule has 172 valence electrons. The minimum Gasteiger partial charge on any atom is -0.398 e. The average Bonchev–Trinajstić information content (AvgIpc) is 3.63. The fourth-order valence-corrected chi connectivity index (χ4v) is 3.90. The summed E-state index contributed by atoms with van der Waals surface area (Å²) in [5, 5.41) is 13.9. The third kappa shape index (κ3) is 7.64. The molecule has 5 N–H and O–H groups in total. The van der Waals surface area contributed by atoms with Crippen LogP contribution >= 0.6 is 11.8 Å². The monoisotopic (exact) mass is 461 g/mol. The highest BCUT2D eigenvalue weighted by Crippen LogP contribution is 2.26. The minimum absolute atomic E-state index is 0.0857. The Balaban J connectivity index is 1.80. The van der Waals surface area contributed by atoms with Crippen molar-refractivity contribution in [2.75, 3.05) is 16.8 Å². The Labute approximate surface area is 200 Å². The van der Waals surface area contributed by atoms with E-state index in [2.05, 4.69) is 29.7 Å². The molecular weight excluding hydrogens is 430 g/mol. The van der Waals surface area contributed by atoms with Gasteiger partial charge in [-0.2, -0.15) is 0 Å². The number of nitrogens with two attached hydrogens (primary N) is 1. The molecule has 0 spiro atoms. The molecule has 0 heterocycles. The first-order valence-electron chi connectivity index (χ1n) is 11.1. The SMILES string of the molecule is C\C=C/C(=N/C(=C/CC)c1cccc(SCC(=O)NC2CC2)c1)Nc1ccc(N)c(C=N)c1. The molecule has 1 aliphatic rings. The number of rotatable bonds is 10. The van der Waals surface area contributed by atoms with Gasteiger partial charge in [-0.25, -0.2) is 4.99 Å². The van der Waals surface area contributed by atoms with Crippen LogP contribution in [0.3, 0.4) is 0 Å². The summed E-state index contributed by atoms with van der Waals surface area (Å²) < 4.78 is 0. The van der Waals surface area contributed by atoms with Crippen LogP contribution in [0, 0.1) is 5.41 Å². The number of aliphatic imine (C=N–C) groups is 1. The number of amidine groups is 1. The van der Waals surface area contributed by atoms with Gasteiger partial charge in [0.1, 0.15) is 5.84 Å². The highest BCUT2D eigenvalue weighted by Gasteiger charge is 2.23. The topological polar surface area (TPSA) is 103 Å². The standard InChI is InChI=1S/C26H31N5OS/c1-3-6-24(18-8-5-9-22(15-18)33-17-26(32)30-20-10-11-20)31-25(7-4-2)29-21-12-13-23(28)19(14-21)16-27/h4-9,12-16,20,27H,3,10-11,17,28H2,1-2H3,(H,29,31)(H,30,32)/b7-4-,24-6+,27-16?. The number of hydrogen-bond acceptors (Lipinski definition) is 5. The van der Waals surface area contributed by atoms with Crippen LogP contribution in [0.5, 0.6) is 0 Å². The number of allylic oxidation sites excluding steroid dienone is 2. The lowest BCUT2D eigenvalue weighted by Gasteiger charge is -2.11. The quantitative estimate of drug-likeness (QED) is 0.163. The zero-order chi connectivity index (χ0) is 23.6. The Kier molecular flexibility index (Phi) is 8.89. The van der Waals surface area contributed by atoms with Crippen molar-refractivity contribution in [2.45, 2.75) is 44.0 Å². The summed E-state index contributed by atoms with van der Waals surface area (Å²) in [5.41, 5.74) is 9.78. The third-order valence-corrected chi connectivity index (χ3v) is 5.91. The molecule has 1 amide bonds. The van der Waals surface area contributed by atoms with E-state index in [1.54, 1.807) is 6.07 Å². The normalized spacial score (nSPS) is 14.4. The summed E-state index contributed by atoms with van der Waals surface area (Å²) >= 11 is 1.53. The van der Waals surface area contributed by atoms with Crippen molar-refractivity contribution < 1.29 is 4.79 Å². The molecule has 0 unspecified atom stereocenters. The maximum absolute atomic E-state index is 12.0. The van der Waals surface area contributed by atoms with E-state index in [0.717, 1.165) is 41.1 Å². The lowest BCUT2D eigenvalue weighted by molar-refractivity contribution is -0.118. The van der Waals surface area contributed by atoms with E-state index in [-0.39, 0.29) is 5.91 Å². The van der Waals surface area contributed by atoms with Crippen molar-refractivity contribution in [2.24, 2.45) is 4.99 Å². The Morgan fingerprint density at radius 2 is 2.09 bits per heavy atom. The number of benzene rings is 2. The van der Waals surface area contributed by atoms with E-state index in [4.69, 9.17) is 16.1 Å². The van der Waals surface area contributed by atoms with Crippen LogP contribution in [0.2, 0.25) is 0 Å². The highest BCUT2D eigenvalue weighted by atomic mass is 32.2. The van der Waals surface area contributed by atoms with E-state index < -0.39 is 0 Å². The van der Waals surface area contributed by atoms with Crippen LogP contribution in [0.25, 0.3) is 5.70 Å². The lowest BCUT2D eigenvalue weighted by atomic mass is 10.1. The van der Waals surface area contributed by atoms with Crippen molar-refractivity contribution >= 4 is 46.8 Å². The van der Waals surface area contributed by atoms with Gasteiger partial charge in [-0.1, -0.05) is 31.2 Å². The smallest absolute Gasteiger partial charge is 0.230 e. The number of anilines is 2. The molecule has 6 nitrogen and oxygen atoms in total. The van der Waals surface area contributed by atoms with Crippen molar-refractivity contribution in [3.63, 3.8) is 0 Å². The number of amides is 1. The molecule has 1 aliphatic carbocycles. The number of nitrogens with zero attached hydrogens (tertiary/aromatic N) is 1. The fraction of sp³-hybridized carbons (Fsp3) is 0.269. The maximum atomic E-state index is 12.0. The summed E-state index contributed by atoms with van der Waals surface area (Å²) in [7, 11) is 0. The van der Waals surface area contributed by atoms with Gasteiger partial charge >= 0.3 is 0 Å². The Bertz CT molecular complexity index is 1090. The van der Waals surface area contributed by atoms with E-state index in [9.17, 15) is 4.79 Å². The number of nitrogens with one attached hydrogen (secondary N) is 3. The maximum Gasteiger partial charge on any atom is 0.230 e. The molecule has 0 radical (unpaired) electrons. The summed E-state index contributed by atoms with van der Waals surface area (Å²) in [5.74, 6) is 1.18. The summed E-state index contributed by atoms with van der Waals surface area (Å²) in [4.78, 5) is 18.0. The molecule has 3 rings (SSSR count). The van der Waals surface area contributed by atoms with Crippen LogP contribution in [0.4, 0.5) is 11.4 Å². The molecular formula is C26H31N5OS. The molecule has 0 aromatic heterocycles. The number of nitrogen functional groups attached to an aromatic ring is 1. The first kappa shape index (κ1) is 24.3. The molecule has 1 fully saturated rings. The second-order valence-corrected chi connectivity index (χ2v) is 8.81. The van der Waals surface area contributed by atoms with Gasteiger partial charge in [-0.3, -0.25) is 4.79 Å². The Morgan fingerprint density at radius 3 is 2.79 bits per heavy atom. The number of carbonyl (C=O) groups excluding carboxylic acids is 1. The van der Waals surface area contributed by atoms with E-state index in [1.165, 1.54) is 18.0 Å². The van der Waals surface area contributed by atoms with E-state index in [1.807, 2.05) is 49.4 Å². The molecule has 0 bridgehead atoms. The summed E-state index contributed by atoms with van der Waals surface area (Å²) in [6.45, 7) is 4.02. The van der Waals surface area contributed by atoms with Gasteiger partial charge in [0.15, 0.2) is 0 Å². The number of thioether (sulfide) groups is 1. The van der Waals surface area contributed by atoms with Crippen LogP contribution < -0.4 is 16.4 Å². The second-order valence-electron chi connectivity index (χ2n) is 7.77. The minimum atomic E-state index is 0.0857. The van der Waals surface area contributed by atoms with Gasteiger partial charge in [-0.15, -0.1) is 11.8 Å². The first-order chi connectivity index (χ1) is 16.0. The number of hydrogen-bond donors (Lipinski definition) is 4. The lowest BCUT2D eigenvalue weighted by Crippen LogP contribution is -2.26. The van der Waals surface area contributed by atoms with Gasteiger partial charge in [0.05, 0.1) is 11.4 Å². The molecule has 33 heavy (non-hydrogen) atoms. The predicted molar refractivity (Wildman–Crippen MR) is 141 cm³/mol. The third-order valence-electron chi connectivity index (χ3n) is 4.92. The highest BCUT2D eigenvalue weighted by molar-refractivity contribution is 8.00. The van der Waals surface area contributed by atoms with Gasteiger partial charge < -0.3 is 21.8 Å². The molecule has 1 saturated carbocycles. The average molecular weight is 462 g/mol. The summed E-state index contributed by atoms with van der Waals surface area (Å²) in [6.07, 6.45) is 10.2. The van der Waals surface area contributed by atoms with E-state index in [0.29, 0.717) is 28.9 Å². The fourth-order valence-electron chi connectivity index (χ4n) is 3.13. The van der Waals surface area contributed by atoms with Crippen LogP contribution in [-0.2, 0) is 4.79 Å². The van der Waals surface area contributed by atoms with E-state index >= 15 is 0 Å². The Hall–Kier alpha value is -3.32. The second kappa shape index (κ2) is 12.1. The van der Waals surface area contributed by atoms with Gasteiger partial charge in [0.25, 0.3) is 0 Å².